The van der Waals surface area contributed by atoms with Crippen molar-refractivity contribution in [3.8, 4) is 5.06 Å². The Morgan fingerprint density at radius 2 is 1.32 bits per heavy atom. The van der Waals surface area contributed by atoms with Crippen molar-refractivity contribution < 1.29 is 23.5 Å². The number of amides is 2. The highest BCUT2D eigenvalue weighted by molar-refractivity contribution is 7.78. The number of carbonyl (C=O) groups excluding carboxylic acids is 2. The van der Waals surface area contributed by atoms with Gasteiger partial charge in [0, 0.05) is 32.7 Å². The van der Waals surface area contributed by atoms with Gasteiger partial charge >= 0.3 is 0 Å². The summed E-state index contributed by atoms with van der Waals surface area (Å²) < 4.78 is 33.8. The zero-order valence-corrected chi connectivity index (χ0v) is 24.9. The van der Waals surface area contributed by atoms with Crippen LogP contribution >= 0.6 is 26.2 Å². The molecule has 3 rings (SSSR count). The molecule has 0 atom stereocenters. The number of fused-ring (bicyclic) bond motifs is 1. The van der Waals surface area contributed by atoms with Crippen LogP contribution in [0.4, 0.5) is 5.00 Å². The molecule has 210 valence electrons. The Kier molecular flexibility index (Phi) is 11.1. The van der Waals surface area contributed by atoms with Gasteiger partial charge in [0.1, 0.15) is 0 Å². The molecular formula is C24H38N6O5P2S. The molecule has 2 aromatic rings. The van der Waals surface area contributed by atoms with Crippen molar-refractivity contribution >= 4 is 43.0 Å². The van der Waals surface area contributed by atoms with Gasteiger partial charge in [-0.1, -0.05) is 51.2 Å². The van der Waals surface area contributed by atoms with Crippen molar-refractivity contribution in [2.45, 2.75) is 39.6 Å². The van der Waals surface area contributed by atoms with Gasteiger partial charge in [-0.25, -0.2) is 0 Å². The van der Waals surface area contributed by atoms with Crippen LogP contribution in [0.3, 0.4) is 0 Å². The Balaban J connectivity index is 1.65. The Morgan fingerprint density at radius 1 is 0.816 bits per heavy atom. The second kappa shape index (κ2) is 13.8. The number of benzene rings is 1. The molecule has 2 amide bonds. The fraction of sp³-hybridized carbons (Fsp3) is 0.500. The van der Waals surface area contributed by atoms with Crippen LogP contribution in [0.15, 0.2) is 36.4 Å². The highest BCUT2D eigenvalue weighted by Crippen LogP contribution is 2.60. The van der Waals surface area contributed by atoms with E-state index in [4.69, 9.17) is 4.74 Å². The smallest absolute Gasteiger partial charge is 0.261 e. The van der Waals surface area contributed by atoms with Crippen molar-refractivity contribution in [1.29, 1.82) is 0 Å². The molecule has 0 aliphatic carbocycles. The van der Waals surface area contributed by atoms with Crippen LogP contribution in [0.2, 0.25) is 0 Å². The second-order valence-electron chi connectivity index (χ2n) is 8.51. The highest BCUT2D eigenvalue weighted by Gasteiger charge is 2.45. The molecule has 38 heavy (non-hydrogen) atoms. The Hall–Kier alpha value is -2.04. The van der Waals surface area contributed by atoms with Crippen molar-refractivity contribution in [3.63, 3.8) is 0 Å². The third kappa shape index (κ3) is 6.93. The van der Waals surface area contributed by atoms with E-state index in [-0.39, 0.29) is 18.4 Å². The molecule has 1 aliphatic rings. The molecule has 0 saturated carbocycles. The van der Waals surface area contributed by atoms with E-state index < -0.39 is 20.4 Å². The minimum Gasteiger partial charge on any atom is -0.484 e. The van der Waals surface area contributed by atoms with Gasteiger partial charge in [0.15, 0.2) is 10.6 Å². The number of nitrogens with one attached hydrogen (secondary N) is 5. The molecule has 11 nitrogen and oxygen atoms in total. The molecule has 1 aromatic carbocycles. The van der Waals surface area contributed by atoms with E-state index in [1.165, 1.54) is 16.2 Å². The summed E-state index contributed by atoms with van der Waals surface area (Å²) in [5.41, 5.74) is -0.0846. The predicted molar refractivity (Wildman–Crippen MR) is 154 cm³/mol. The monoisotopic (exact) mass is 584 g/mol. The van der Waals surface area contributed by atoms with E-state index in [1.807, 2.05) is 27.7 Å². The van der Waals surface area contributed by atoms with Crippen LogP contribution in [-0.2, 0) is 9.13 Å². The second-order valence-corrected chi connectivity index (χ2v) is 14.9. The number of hydrogen-bond donors (Lipinski definition) is 5. The molecule has 2 heterocycles. The van der Waals surface area contributed by atoms with Crippen molar-refractivity contribution in [2.75, 3.05) is 44.6 Å². The maximum atomic E-state index is 14.0. The Morgan fingerprint density at radius 3 is 1.79 bits per heavy atom. The van der Waals surface area contributed by atoms with E-state index in [9.17, 15) is 18.7 Å². The molecule has 0 spiro atoms. The number of ether oxygens (including phenoxy) is 1. The van der Waals surface area contributed by atoms with E-state index in [1.54, 1.807) is 36.4 Å². The summed E-state index contributed by atoms with van der Waals surface area (Å²) in [6, 6.07) is 10.4. The van der Waals surface area contributed by atoms with Gasteiger partial charge < -0.3 is 10.1 Å². The number of rotatable bonds is 17. The average molecular weight is 585 g/mol. The lowest BCUT2D eigenvalue weighted by molar-refractivity contribution is 0.0647. The van der Waals surface area contributed by atoms with Crippen LogP contribution in [0.5, 0.6) is 5.06 Å². The van der Waals surface area contributed by atoms with Gasteiger partial charge in [-0.3, -0.25) is 44.0 Å². The summed E-state index contributed by atoms with van der Waals surface area (Å²) >= 11 is 1.31. The molecule has 0 unspecified atom stereocenters. The summed E-state index contributed by atoms with van der Waals surface area (Å²) in [4.78, 5) is 26.3. The summed E-state index contributed by atoms with van der Waals surface area (Å²) in [5, 5.41) is 16.6. The fourth-order valence-electron chi connectivity index (χ4n) is 4.25. The molecule has 5 N–H and O–H groups in total. The zero-order chi connectivity index (χ0) is 27.8. The first-order valence-electron chi connectivity index (χ1n) is 12.9. The van der Waals surface area contributed by atoms with Gasteiger partial charge in [-0.05, 0) is 30.7 Å². The van der Waals surface area contributed by atoms with Gasteiger partial charge in [-0.15, -0.1) is 0 Å². The van der Waals surface area contributed by atoms with Crippen molar-refractivity contribution in [1.82, 2.24) is 25.2 Å². The lowest BCUT2D eigenvalue weighted by atomic mass is 10.1. The van der Waals surface area contributed by atoms with Crippen LogP contribution in [0.25, 0.3) is 0 Å². The first kappa shape index (κ1) is 30.5. The number of nitrogens with zero attached hydrogens (tertiary/aromatic N) is 1. The molecule has 14 heteroatoms. The zero-order valence-electron chi connectivity index (χ0n) is 22.3. The number of thiophene rings is 1. The standard InChI is InChI=1S/C24H38N6O5P2S/c1-5-25-36(33,26-6-2)24(37(34,27-7-3)28-8-4)29-20-14-15-21(38-20)35-17-11-16-30-22(31)18-12-9-10-13-19(18)23(30)32/h9-10,12-15,24,29H,5-8,11,16-17H2,1-4H3,(H2,25,26,33)(H2,27,28,34). The quantitative estimate of drug-likeness (QED) is 0.104. The van der Waals surface area contributed by atoms with E-state index >= 15 is 0 Å². The maximum absolute atomic E-state index is 14.0. The van der Waals surface area contributed by atoms with Gasteiger partial charge in [-0.2, -0.15) is 0 Å². The van der Waals surface area contributed by atoms with Gasteiger partial charge in [0.2, 0.25) is 14.9 Å². The lowest BCUT2D eigenvalue weighted by Crippen LogP contribution is -2.41. The minimum absolute atomic E-state index is 0.258. The third-order valence-corrected chi connectivity index (χ3v) is 13.4. The first-order valence-corrected chi connectivity index (χ1v) is 17.2. The average Bonchev–Trinajstić information content (AvgIpc) is 3.43. The lowest BCUT2D eigenvalue weighted by Gasteiger charge is -2.35. The minimum atomic E-state index is -3.34. The first-order chi connectivity index (χ1) is 18.2. The summed E-state index contributed by atoms with van der Waals surface area (Å²) in [6.07, 6.45) is 0.473. The Bertz CT molecular complexity index is 1120. The van der Waals surface area contributed by atoms with Gasteiger partial charge in [0.05, 0.1) is 22.7 Å². The van der Waals surface area contributed by atoms with E-state index in [0.29, 0.717) is 60.4 Å². The molecule has 0 bridgehead atoms. The molecule has 0 radical (unpaired) electrons. The summed E-state index contributed by atoms with van der Waals surface area (Å²) in [6.45, 7) is 9.72. The number of anilines is 1. The molecule has 1 aromatic heterocycles. The fourth-order valence-corrected chi connectivity index (χ4v) is 11.5. The van der Waals surface area contributed by atoms with Crippen molar-refractivity contribution in [3.05, 3.63) is 47.5 Å². The third-order valence-electron chi connectivity index (χ3n) is 5.76. The van der Waals surface area contributed by atoms with Gasteiger partial charge in [0.25, 0.3) is 11.8 Å². The predicted octanol–water partition coefficient (Wildman–Crippen LogP) is 4.33. The van der Waals surface area contributed by atoms with Crippen LogP contribution in [0.1, 0.15) is 54.8 Å². The largest absolute Gasteiger partial charge is 0.484 e. The number of imide groups is 1. The van der Waals surface area contributed by atoms with Crippen molar-refractivity contribution in [2.24, 2.45) is 0 Å². The molecule has 0 saturated heterocycles. The van der Waals surface area contributed by atoms with E-state index in [2.05, 4.69) is 25.7 Å². The summed E-state index contributed by atoms with van der Waals surface area (Å²) in [5.74, 6) is -0.563. The van der Waals surface area contributed by atoms with Crippen LogP contribution < -0.4 is 30.4 Å². The Labute approximate surface area is 228 Å². The summed E-state index contributed by atoms with van der Waals surface area (Å²) in [7, 11) is -6.69. The van der Waals surface area contributed by atoms with E-state index in [0.717, 1.165) is 0 Å². The maximum Gasteiger partial charge on any atom is 0.261 e. The topological polar surface area (TPSA) is 141 Å². The molecule has 0 fully saturated rings. The normalized spacial score (nSPS) is 13.9. The SMILES string of the molecule is CCNP(=O)(NCC)C(Nc1ccc(OCCCN2C(=O)c3ccccc3C2=O)s1)P(=O)(NCC)NCC. The number of carbonyl (C=O) groups is 2. The van der Waals surface area contributed by atoms with Crippen LogP contribution in [-0.4, -0.2) is 61.6 Å². The van der Waals surface area contributed by atoms with Crippen LogP contribution in [0, 0.1) is 0 Å². The molecular weight excluding hydrogens is 546 g/mol. The highest BCUT2D eigenvalue weighted by atomic mass is 32.1. The molecule has 1 aliphatic heterocycles. The number of hydrogen-bond acceptors (Lipinski definition) is 7.